The van der Waals surface area contributed by atoms with Gasteiger partial charge >= 0.3 is 0 Å². The summed E-state index contributed by atoms with van der Waals surface area (Å²) in [6.45, 7) is 6.70. The van der Waals surface area contributed by atoms with Crippen molar-refractivity contribution in [2.45, 2.75) is 13.3 Å². The van der Waals surface area contributed by atoms with Crippen LogP contribution in [0.3, 0.4) is 0 Å². The first-order chi connectivity index (χ1) is 13.7. The third-order valence-electron chi connectivity index (χ3n) is 4.22. The minimum Gasteiger partial charge on any atom is -0.344 e. The molecule has 2 rings (SSSR count). The summed E-state index contributed by atoms with van der Waals surface area (Å²) in [5, 5.41) is 17.6. The quantitative estimate of drug-likeness (QED) is 0.252. The molecule has 29 heavy (non-hydrogen) atoms. The normalized spacial score (nSPS) is 11.5. The van der Waals surface area contributed by atoms with Gasteiger partial charge in [-0.25, -0.2) is 5.84 Å². The lowest BCUT2D eigenvalue weighted by Crippen LogP contribution is -2.46. The summed E-state index contributed by atoms with van der Waals surface area (Å²) in [5.74, 6) is 6.76. The van der Waals surface area contributed by atoms with E-state index in [1.54, 1.807) is 18.5 Å². The summed E-state index contributed by atoms with van der Waals surface area (Å²) in [6, 6.07) is 7.53. The van der Waals surface area contributed by atoms with Crippen LogP contribution in [0.25, 0.3) is 0 Å². The van der Waals surface area contributed by atoms with Crippen LogP contribution < -0.4 is 21.2 Å². The number of rotatable bonds is 9. The zero-order valence-corrected chi connectivity index (χ0v) is 18.1. The average Bonchev–Trinajstić information content (AvgIpc) is 3.15. The second kappa shape index (κ2) is 10.1. The van der Waals surface area contributed by atoms with Gasteiger partial charge in [-0.3, -0.25) is 5.41 Å². The van der Waals surface area contributed by atoms with E-state index in [0.717, 1.165) is 23.4 Å². The standard InChI is InChI=1S/C20H29ClN8/c1-6-16-12-24-28(13-16)29(23)20(22)11-17(14-26(3)4)25-15(2)27(5)19-10-8-7-9-18(19)21/h7-13,22,25H,2,6,14,23H2,1,3-5H3. The Morgan fingerprint density at radius 3 is 2.62 bits per heavy atom. The molecule has 0 saturated carbocycles. The predicted molar refractivity (Wildman–Crippen MR) is 121 cm³/mol. The highest BCUT2D eigenvalue weighted by Crippen LogP contribution is 2.25. The Morgan fingerprint density at radius 2 is 2.03 bits per heavy atom. The molecule has 8 nitrogen and oxygen atoms in total. The van der Waals surface area contributed by atoms with E-state index in [1.807, 2.05) is 62.1 Å². The summed E-state index contributed by atoms with van der Waals surface area (Å²) in [4.78, 5) is 5.28. The number of para-hydroxylation sites is 1. The van der Waals surface area contributed by atoms with E-state index in [9.17, 15) is 0 Å². The number of likely N-dealkylation sites (N-methyl/N-ethyl adjacent to an activating group) is 1. The number of hydrogen-bond donors (Lipinski definition) is 3. The fourth-order valence-electron chi connectivity index (χ4n) is 2.59. The van der Waals surface area contributed by atoms with E-state index >= 15 is 0 Å². The summed E-state index contributed by atoms with van der Waals surface area (Å²) in [5.41, 5.74) is 2.62. The minimum absolute atomic E-state index is 0.0771. The molecule has 2 aromatic rings. The van der Waals surface area contributed by atoms with Crippen molar-refractivity contribution in [1.29, 1.82) is 5.41 Å². The maximum atomic E-state index is 8.36. The predicted octanol–water partition coefficient (Wildman–Crippen LogP) is 2.53. The summed E-state index contributed by atoms with van der Waals surface area (Å²) in [6.07, 6.45) is 6.03. The number of aromatic nitrogens is 2. The summed E-state index contributed by atoms with van der Waals surface area (Å²) < 4.78 is 0. The number of amidine groups is 1. The van der Waals surface area contributed by atoms with E-state index in [4.69, 9.17) is 22.9 Å². The summed E-state index contributed by atoms with van der Waals surface area (Å²) >= 11 is 6.29. The van der Waals surface area contributed by atoms with Crippen molar-refractivity contribution in [3.05, 3.63) is 71.4 Å². The van der Waals surface area contributed by atoms with Crippen molar-refractivity contribution in [2.75, 3.05) is 37.7 Å². The molecule has 156 valence electrons. The largest absolute Gasteiger partial charge is 0.344 e. The molecule has 0 aliphatic rings. The van der Waals surface area contributed by atoms with Crippen molar-refractivity contribution in [3.63, 3.8) is 0 Å². The third kappa shape index (κ3) is 6.08. The number of benzene rings is 1. The molecule has 0 amide bonds. The Morgan fingerprint density at radius 1 is 1.34 bits per heavy atom. The molecule has 0 aliphatic carbocycles. The molecule has 1 aromatic heterocycles. The van der Waals surface area contributed by atoms with Gasteiger partial charge in [0.05, 0.1) is 23.1 Å². The molecule has 0 fully saturated rings. The van der Waals surface area contributed by atoms with Crippen LogP contribution in [0.4, 0.5) is 5.69 Å². The van der Waals surface area contributed by atoms with Gasteiger partial charge in [-0.05, 0) is 38.2 Å². The fraction of sp³-hybridized carbons (Fsp3) is 0.300. The van der Waals surface area contributed by atoms with Gasteiger partial charge in [0, 0.05) is 25.4 Å². The fourth-order valence-corrected chi connectivity index (χ4v) is 2.85. The van der Waals surface area contributed by atoms with Gasteiger partial charge in [-0.2, -0.15) is 15.0 Å². The molecular weight excluding hydrogens is 388 g/mol. The smallest absolute Gasteiger partial charge is 0.160 e. The molecule has 0 atom stereocenters. The molecule has 0 bridgehead atoms. The first kappa shape index (κ1) is 22.5. The van der Waals surface area contributed by atoms with Gasteiger partial charge in [-0.15, -0.1) is 0 Å². The summed E-state index contributed by atoms with van der Waals surface area (Å²) in [7, 11) is 5.77. The second-order valence-electron chi connectivity index (χ2n) is 6.84. The lowest BCUT2D eigenvalue weighted by molar-refractivity contribution is 0.436. The van der Waals surface area contributed by atoms with Crippen molar-refractivity contribution in [1.82, 2.24) is 20.1 Å². The number of halogens is 1. The van der Waals surface area contributed by atoms with Crippen LogP contribution in [0.2, 0.25) is 5.02 Å². The van der Waals surface area contributed by atoms with Crippen molar-refractivity contribution in [3.8, 4) is 0 Å². The van der Waals surface area contributed by atoms with Crippen LogP contribution in [-0.4, -0.2) is 48.3 Å². The second-order valence-corrected chi connectivity index (χ2v) is 7.25. The molecule has 9 heteroatoms. The highest BCUT2D eigenvalue weighted by Gasteiger charge is 2.13. The van der Waals surface area contributed by atoms with Crippen molar-refractivity contribution >= 4 is 23.1 Å². The number of anilines is 1. The Hall–Kier alpha value is -2.81. The molecule has 0 saturated heterocycles. The van der Waals surface area contributed by atoms with Gasteiger partial charge < -0.3 is 15.1 Å². The number of nitrogens with two attached hydrogens (primary N) is 1. The Labute approximate surface area is 177 Å². The van der Waals surface area contributed by atoms with Crippen LogP contribution >= 0.6 is 11.6 Å². The third-order valence-corrected chi connectivity index (χ3v) is 4.54. The number of nitrogens with one attached hydrogen (secondary N) is 2. The van der Waals surface area contributed by atoms with E-state index < -0.39 is 0 Å². The molecule has 0 unspecified atom stereocenters. The SMILES string of the molecule is C=C(NC(=CC(=N)N(N)n1cc(CC)cn1)CN(C)C)N(C)c1ccccc1Cl. The maximum Gasteiger partial charge on any atom is 0.160 e. The van der Waals surface area contributed by atoms with Crippen LogP contribution in [0.1, 0.15) is 12.5 Å². The van der Waals surface area contributed by atoms with Gasteiger partial charge in [0.2, 0.25) is 0 Å². The topological polar surface area (TPSA) is 89.4 Å². The van der Waals surface area contributed by atoms with Crippen molar-refractivity contribution in [2.24, 2.45) is 5.84 Å². The van der Waals surface area contributed by atoms with E-state index in [1.165, 1.54) is 9.91 Å². The number of hydrogen-bond acceptors (Lipinski definition) is 6. The van der Waals surface area contributed by atoms with Crippen LogP contribution in [0.5, 0.6) is 0 Å². The molecule has 4 N–H and O–H groups in total. The van der Waals surface area contributed by atoms with E-state index in [0.29, 0.717) is 17.4 Å². The Kier molecular flexibility index (Phi) is 7.83. The van der Waals surface area contributed by atoms with Crippen LogP contribution in [-0.2, 0) is 6.42 Å². The van der Waals surface area contributed by atoms with E-state index in [-0.39, 0.29) is 5.84 Å². The van der Waals surface area contributed by atoms with E-state index in [2.05, 4.69) is 17.0 Å². The average molecular weight is 417 g/mol. The van der Waals surface area contributed by atoms with Crippen LogP contribution in [0, 0.1) is 5.41 Å². The molecular formula is C20H29ClN8. The molecule has 0 radical (unpaired) electrons. The highest BCUT2D eigenvalue weighted by atomic mass is 35.5. The minimum atomic E-state index is 0.0771. The molecule has 1 heterocycles. The molecule has 0 aliphatic heterocycles. The van der Waals surface area contributed by atoms with Gasteiger partial charge in [0.1, 0.15) is 5.82 Å². The Bertz CT molecular complexity index is 886. The monoisotopic (exact) mass is 416 g/mol. The van der Waals surface area contributed by atoms with Gasteiger partial charge in [0.25, 0.3) is 0 Å². The molecule has 1 aromatic carbocycles. The first-order valence-electron chi connectivity index (χ1n) is 9.19. The zero-order valence-electron chi connectivity index (χ0n) is 17.4. The first-order valence-corrected chi connectivity index (χ1v) is 9.57. The Balaban J connectivity index is 2.18. The van der Waals surface area contributed by atoms with Crippen LogP contribution in [0.15, 0.2) is 60.8 Å². The number of hydrazine groups is 1. The number of aryl methyl sites for hydroxylation is 1. The highest BCUT2D eigenvalue weighted by molar-refractivity contribution is 6.33. The van der Waals surface area contributed by atoms with Gasteiger partial charge in [0.15, 0.2) is 5.84 Å². The van der Waals surface area contributed by atoms with Gasteiger partial charge in [-0.1, -0.05) is 37.2 Å². The van der Waals surface area contributed by atoms with Crippen molar-refractivity contribution < 1.29 is 0 Å². The maximum absolute atomic E-state index is 8.36. The molecule has 0 spiro atoms. The lowest BCUT2D eigenvalue weighted by atomic mass is 10.3. The lowest BCUT2D eigenvalue weighted by Gasteiger charge is -2.26. The number of nitrogens with zero attached hydrogens (tertiary/aromatic N) is 5. The zero-order chi connectivity index (χ0) is 21.6.